The number of ether oxygens (including phenoxy) is 1. The molecule has 1 aromatic carbocycles. The highest BCUT2D eigenvalue weighted by molar-refractivity contribution is 5.95. The summed E-state index contributed by atoms with van der Waals surface area (Å²) in [6.45, 7) is 4.21. The summed E-state index contributed by atoms with van der Waals surface area (Å²) in [5.74, 6) is 0.00858. The second-order valence-electron chi connectivity index (χ2n) is 6.07. The highest BCUT2D eigenvalue weighted by atomic mass is 16.5. The molecule has 2 amide bonds. The number of aryl methyl sites for hydroxylation is 1. The lowest BCUT2D eigenvalue weighted by Crippen LogP contribution is -2.31. The van der Waals surface area contributed by atoms with Gasteiger partial charge in [-0.1, -0.05) is 13.0 Å². The quantitative estimate of drug-likeness (QED) is 0.845. The smallest absolute Gasteiger partial charge is 0.272 e. The van der Waals surface area contributed by atoms with Gasteiger partial charge in [-0.15, -0.1) is 0 Å². The maximum absolute atomic E-state index is 12.5. The summed E-state index contributed by atoms with van der Waals surface area (Å²) in [5.41, 5.74) is 1.33. The zero-order valence-electron chi connectivity index (χ0n) is 14.6. The molecule has 2 heterocycles. The van der Waals surface area contributed by atoms with E-state index in [1.807, 2.05) is 19.9 Å². The summed E-state index contributed by atoms with van der Waals surface area (Å²) >= 11 is 0. The van der Waals surface area contributed by atoms with Gasteiger partial charge < -0.3 is 15.4 Å². The van der Waals surface area contributed by atoms with E-state index in [9.17, 15) is 14.4 Å². The minimum absolute atomic E-state index is 0.00221. The van der Waals surface area contributed by atoms with Gasteiger partial charge in [-0.25, -0.2) is 4.68 Å². The van der Waals surface area contributed by atoms with Gasteiger partial charge >= 0.3 is 0 Å². The zero-order valence-corrected chi connectivity index (χ0v) is 14.6. The number of hydrogen-bond acceptors (Lipinski definition) is 5. The third-order valence-corrected chi connectivity index (χ3v) is 4.02. The van der Waals surface area contributed by atoms with Gasteiger partial charge in [0.15, 0.2) is 6.61 Å². The number of nitrogens with zero attached hydrogens (tertiary/aromatic N) is 2. The van der Waals surface area contributed by atoms with Crippen molar-refractivity contribution in [2.45, 2.75) is 32.9 Å². The van der Waals surface area contributed by atoms with E-state index in [2.05, 4.69) is 15.7 Å². The van der Waals surface area contributed by atoms with Crippen LogP contribution in [0.1, 0.15) is 42.4 Å². The van der Waals surface area contributed by atoms with Crippen LogP contribution in [0, 0.1) is 0 Å². The van der Waals surface area contributed by atoms with E-state index in [1.165, 1.54) is 16.8 Å². The Morgan fingerprint density at radius 2 is 2.15 bits per heavy atom. The molecule has 1 aliphatic heterocycles. The molecule has 0 bridgehead atoms. The maximum Gasteiger partial charge on any atom is 0.272 e. The average Bonchev–Trinajstić information content (AvgIpc) is 2.63. The van der Waals surface area contributed by atoms with Crippen LogP contribution in [0.15, 0.2) is 35.1 Å². The van der Waals surface area contributed by atoms with Crippen molar-refractivity contribution in [3.63, 3.8) is 0 Å². The summed E-state index contributed by atoms with van der Waals surface area (Å²) in [6.07, 6.45) is 0.747. The van der Waals surface area contributed by atoms with Gasteiger partial charge in [-0.2, -0.15) is 5.10 Å². The number of benzene rings is 1. The fourth-order valence-corrected chi connectivity index (χ4v) is 2.67. The van der Waals surface area contributed by atoms with E-state index >= 15 is 0 Å². The number of carbonyl (C=O) groups excluding carboxylic acids is 2. The molecule has 1 aromatic heterocycles. The molecule has 0 spiro atoms. The van der Waals surface area contributed by atoms with Crippen LogP contribution in [-0.4, -0.2) is 28.2 Å². The highest BCUT2D eigenvalue weighted by Crippen LogP contribution is 2.30. The average molecular weight is 356 g/mol. The van der Waals surface area contributed by atoms with Gasteiger partial charge in [0.25, 0.3) is 17.4 Å². The molecule has 8 heteroatoms. The SMILES string of the molecule is CCCn1nc(C(=O)NC(C)c2ccc3c(c2)NC(=O)CO3)ccc1=O. The van der Waals surface area contributed by atoms with Gasteiger partial charge in [0.05, 0.1) is 11.7 Å². The molecule has 0 saturated heterocycles. The number of fused-ring (bicyclic) bond motifs is 1. The zero-order chi connectivity index (χ0) is 18.7. The lowest BCUT2D eigenvalue weighted by molar-refractivity contribution is -0.118. The number of hydrogen-bond donors (Lipinski definition) is 2. The first-order valence-electron chi connectivity index (χ1n) is 8.43. The van der Waals surface area contributed by atoms with Crippen molar-refractivity contribution in [2.24, 2.45) is 0 Å². The summed E-state index contributed by atoms with van der Waals surface area (Å²) in [4.78, 5) is 35.6. The molecular weight excluding hydrogens is 336 g/mol. The van der Waals surface area contributed by atoms with Crippen molar-refractivity contribution in [1.29, 1.82) is 0 Å². The molecule has 26 heavy (non-hydrogen) atoms. The van der Waals surface area contributed by atoms with Crippen molar-refractivity contribution >= 4 is 17.5 Å². The van der Waals surface area contributed by atoms with Crippen LogP contribution in [0.3, 0.4) is 0 Å². The Morgan fingerprint density at radius 1 is 1.35 bits per heavy atom. The molecule has 2 aromatic rings. The van der Waals surface area contributed by atoms with Crippen LogP contribution in [0.5, 0.6) is 5.75 Å². The molecule has 1 unspecified atom stereocenters. The first-order chi connectivity index (χ1) is 12.5. The van der Waals surface area contributed by atoms with Gasteiger partial charge in [-0.05, 0) is 37.1 Å². The van der Waals surface area contributed by atoms with Crippen LogP contribution < -0.4 is 20.9 Å². The van der Waals surface area contributed by atoms with Crippen LogP contribution in [0.4, 0.5) is 5.69 Å². The Kier molecular flexibility index (Phi) is 5.01. The molecule has 2 N–H and O–H groups in total. The van der Waals surface area contributed by atoms with Crippen molar-refractivity contribution in [3.05, 3.63) is 51.9 Å². The van der Waals surface area contributed by atoms with Gasteiger partial charge in [0.2, 0.25) is 0 Å². The molecule has 3 rings (SSSR count). The Balaban J connectivity index is 1.75. The van der Waals surface area contributed by atoms with Crippen molar-refractivity contribution in [1.82, 2.24) is 15.1 Å². The number of amides is 2. The molecule has 1 atom stereocenters. The second-order valence-corrected chi connectivity index (χ2v) is 6.07. The summed E-state index contributed by atoms with van der Waals surface area (Å²) in [7, 11) is 0. The Bertz CT molecular complexity index is 906. The van der Waals surface area contributed by atoms with Gasteiger partial charge in [0, 0.05) is 12.6 Å². The first-order valence-corrected chi connectivity index (χ1v) is 8.43. The van der Waals surface area contributed by atoms with E-state index in [1.54, 1.807) is 12.1 Å². The normalized spacial score (nSPS) is 14.0. The fourth-order valence-electron chi connectivity index (χ4n) is 2.67. The molecule has 0 saturated carbocycles. The van der Waals surface area contributed by atoms with Crippen molar-refractivity contribution in [3.8, 4) is 5.75 Å². The highest BCUT2D eigenvalue weighted by Gasteiger charge is 2.19. The standard InChI is InChI=1S/C18H20N4O4/c1-3-8-22-17(24)7-5-13(21-22)18(25)19-11(2)12-4-6-15-14(9-12)20-16(23)10-26-15/h4-7,9,11H,3,8,10H2,1-2H3,(H,19,25)(H,20,23). The maximum atomic E-state index is 12.5. The molecule has 1 aliphatic rings. The molecule has 136 valence electrons. The predicted molar refractivity (Wildman–Crippen MR) is 95.2 cm³/mol. The summed E-state index contributed by atoms with van der Waals surface area (Å²) < 4.78 is 6.61. The molecule has 0 aliphatic carbocycles. The van der Waals surface area contributed by atoms with Crippen LogP contribution in [-0.2, 0) is 11.3 Å². The lowest BCUT2D eigenvalue weighted by atomic mass is 10.1. The van der Waals surface area contributed by atoms with E-state index in [0.717, 1.165) is 12.0 Å². The minimum Gasteiger partial charge on any atom is -0.482 e. The second kappa shape index (κ2) is 7.38. The summed E-state index contributed by atoms with van der Waals surface area (Å²) in [6, 6.07) is 7.79. The van der Waals surface area contributed by atoms with E-state index < -0.39 is 0 Å². The number of carbonyl (C=O) groups is 2. The number of anilines is 1. The van der Waals surface area contributed by atoms with Crippen LogP contribution in [0.2, 0.25) is 0 Å². The third kappa shape index (κ3) is 3.74. The van der Waals surface area contributed by atoms with Gasteiger partial charge in [0.1, 0.15) is 11.4 Å². The van der Waals surface area contributed by atoms with E-state index in [4.69, 9.17) is 4.74 Å². The van der Waals surface area contributed by atoms with Crippen molar-refractivity contribution < 1.29 is 14.3 Å². The topological polar surface area (TPSA) is 102 Å². The van der Waals surface area contributed by atoms with Crippen LogP contribution >= 0.6 is 0 Å². The Hall–Kier alpha value is -3.16. The molecular formula is C18H20N4O4. The summed E-state index contributed by atoms with van der Waals surface area (Å²) in [5, 5.41) is 9.69. The monoisotopic (exact) mass is 356 g/mol. The van der Waals surface area contributed by atoms with E-state index in [0.29, 0.717) is 18.0 Å². The lowest BCUT2D eigenvalue weighted by Gasteiger charge is -2.21. The number of nitrogens with one attached hydrogen (secondary N) is 2. The Morgan fingerprint density at radius 3 is 2.92 bits per heavy atom. The molecule has 0 radical (unpaired) electrons. The van der Waals surface area contributed by atoms with Crippen molar-refractivity contribution in [2.75, 3.05) is 11.9 Å². The molecule has 0 fully saturated rings. The largest absolute Gasteiger partial charge is 0.482 e. The minimum atomic E-state index is -0.375. The fraction of sp³-hybridized carbons (Fsp3) is 0.333. The third-order valence-electron chi connectivity index (χ3n) is 4.02. The van der Waals surface area contributed by atoms with Crippen LogP contribution in [0.25, 0.3) is 0 Å². The Labute approximate surface area is 150 Å². The van der Waals surface area contributed by atoms with Gasteiger partial charge in [-0.3, -0.25) is 14.4 Å². The molecule has 8 nitrogen and oxygen atoms in total. The number of rotatable bonds is 5. The number of aromatic nitrogens is 2. The predicted octanol–water partition coefficient (Wildman–Crippen LogP) is 1.48. The first kappa shape index (κ1) is 17.7. The van der Waals surface area contributed by atoms with E-state index in [-0.39, 0.29) is 35.7 Å².